The molecule has 2 N–H and O–H groups in total. The number of aromatic nitrogens is 4. The van der Waals surface area contributed by atoms with E-state index in [4.69, 9.17) is 5.26 Å². The Hall–Kier alpha value is -3.29. The van der Waals surface area contributed by atoms with Crippen molar-refractivity contribution >= 4 is 23.4 Å². The van der Waals surface area contributed by atoms with E-state index >= 15 is 0 Å². The van der Waals surface area contributed by atoms with Crippen molar-refractivity contribution in [3.05, 3.63) is 24.2 Å². The van der Waals surface area contributed by atoms with Crippen LogP contribution in [0.3, 0.4) is 0 Å². The van der Waals surface area contributed by atoms with E-state index in [0.29, 0.717) is 37.1 Å². The Morgan fingerprint density at radius 1 is 1.45 bits per heavy atom. The Bertz CT molecular complexity index is 894. The van der Waals surface area contributed by atoms with Crippen LogP contribution < -0.4 is 10.6 Å². The zero-order chi connectivity index (χ0) is 20.8. The molecule has 0 bridgehead atoms. The van der Waals surface area contributed by atoms with Gasteiger partial charge < -0.3 is 15.5 Å². The zero-order valence-corrected chi connectivity index (χ0v) is 16.0. The SMILES string of the molecule is Cc1cnc(Nc2cnn(CC(F)F)c2)nc1NC[C@H]1CCN(C(=O)CC#N)C1. The molecule has 2 aromatic heterocycles. The Morgan fingerprint density at radius 3 is 3.03 bits per heavy atom. The Kier molecular flexibility index (Phi) is 6.54. The number of anilines is 3. The lowest BCUT2D eigenvalue weighted by molar-refractivity contribution is -0.129. The van der Waals surface area contributed by atoms with E-state index in [2.05, 4.69) is 25.7 Å². The van der Waals surface area contributed by atoms with Crippen LogP contribution in [0.1, 0.15) is 18.4 Å². The van der Waals surface area contributed by atoms with Crippen molar-refractivity contribution in [2.75, 3.05) is 30.3 Å². The lowest BCUT2D eigenvalue weighted by atomic mass is 10.1. The molecule has 0 aliphatic carbocycles. The van der Waals surface area contributed by atoms with Crippen molar-refractivity contribution in [2.45, 2.75) is 32.7 Å². The minimum Gasteiger partial charge on any atom is -0.369 e. The van der Waals surface area contributed by atoms with Crippen molar-refractivity contribution in [3.63, 3.8) is 0 Å². The standard InChI is InChI=1S/C18H22F2N8O/c1-12-6-23-18(25-14-8-24-28(10-14)11-15(19)20)26-17(12)22-7-13-3-5-27(9-13)16(29)2-4-21/h6,8,10,13,15H,2-3,5,7,9,11H2,1H3,(H2,22,23,25,26)/t13-/m1/s1. The van der Waals surface area contributed by atoms with E-state index in [-0.39, 0.29) is 18.2 Å². The number of halogens is 2. The van der Waals surface area contributed by atoms with Crippen molar-refractivity contribution in [2.24, 2.45) is 5.92 Å². The van der Waals surface area contributed by atoms with Gasteiger partial charge in [0, 0.05) is 37.6 Å². The molecule has 1 amide bonds. The predicted octanol–water partition coefficient (Wildman–Crippen LogP) is 2.16. The van der Waals surface area contributed by atoms with Crippen LogP contribution in [-0.4, -0.2) is 56.6 Å². The number of hydrogen-bond donors (Lipinski definition) is 2. The van der Waals surface area contributed by atoms with Crippen molar-refractivity contribution in [1.82, 2.24) is 24.6 Å². The zero-order valence-electron chi connectivity index (χ0n) is 16.0. The van der Waals surface area contributed by atoms with Crippen molar-refractivity contribution < 1.29 is 13.6 Å². The topological polar surface area (TPSA) is 112 Å². The summed E-state index contributed by atoms with van der Waals surface area (Å²) in [6, 6.07) is 1.89. The highest BCUT2D eigenvalue weighted by Crippen LogP contribution is 2.20. The molecule has 1 aliphatic rings. The third-order valence-corrected chi connectivity index (χ3v) is 4.61. The smallest absolute Gasteiger partial charge is 0.257 e. The summed E-state index contributed by atoms with van der Waals surface area (Å²) in [5.74, 6) is 1.12. The summed E-state index contributed by atoms with van der Waals surface area (Å²) < 4.78 is 26.0. The molecule has 0 unspecified atom stereocenters. The van der Waals surface area contributed by atoms with Gasteiger partial charge in [0.15, 0.2) is 0 Å². The second-order valence-corrected chi connectivity index (χ2v) is 6.90. The van der Waals surface area contributed by atoms with E-state index in [0.717, 1.165) is 16.7 Å². The van der Waals surface area contributed by atoms with Gasteiger partial charge in [-0.25, -0.2) is 13.8 Å². The van der Waals surface area contributed by atoms with E-state index in [9.17, 15) is 13.6 Å². The molecule has 1 aliphatic heterocycles. The molecule has 1 fully saturated rings. The first kappa shape index (κ1) is 20.4. The van der Waals surface area contributed by atoms with E-state index in [1.54, 1.807) is 11.1 Å². The number of nitrogens with zero attached hydrogens (tertiary/aromatic N) is 6. The van der Waals surface area contributed by atoms with Crippen LogP contribution in [0.15, 0.2) is 18.6 Å². The number of amides is 1. The number of carbonyl (C=O) groups excluding carboxylic acids is 1. The number of carbonyl (C=O) groups is 1. The van der Waals surface area contributed by atoms with Crippen molar-refractivity contribution in [1.29, 1.82) is 5.26 Å². The molecule has 3 heterocycles. The summed E-state index contributed by atoms with van der Waals surface area (Å²) in [5, 5.41) is 18.8. The van der Waals surface area contributed by atoms with E-state index < -0.39 is 13.0 Å². The predicted molar refractivity (Wildman–Crippen MR) is 102 cm³/mol. The van der Waals surface area contributed by atoms with Gasteiger partial charge in [0.1, 0.15) is 18.8 Å². The molecule has 2 aromatic rings. The summed E-state index contributed by atoms with van der Waals surface area (Å²) in [6.07, 6.45) is 2.86. The first-order chi connectivity index (χ1) is 13.9. The molecule has 3 rings (SSSR count). The molecule has 154 valence electrons. The first-order valence-electron chi connectivity index (χ1n) is 9.24. The number of aryl methyl sites for hydroxylation is 1. The maximum absolute atomic E-state index is 12.4. The molecule has 11 heteroatoms. The molecule has 29 heavy (non-hydrogen) atoms. The van der Waals surface area contributed by atoms with Gasteiger partial charge in [-0.3, -0.25) is 9.48 Å². The van der Waals surface area contributed by atoms with Gasteiger partial charge in [-0.2, -0.15) is 15.3 Å². The number of nitriles is 1. The fourth-order valence-corrected chi connectivity index (χ4v) is 3.13. The molecule has 0 saturated carbocycles. The highest BCUT2D eigenvalue weighted by Gasteiger charge is 2.25. The Balaban J connectivity index is 1.56. The fourth-order valence-electron chi connectivity index (χ4n) is 3.13. The maximum atomic E-state index is 12.4. The third kappa shape index (κ3) is 5.60. The lowest BCUT2D eigenvalue weighted by Gasteiger charge is -2.16. The molecule has 1 atom stereocenters. The summed E-state index contributed by atoms with van der Waals surface area (Å²) in [6.45, 7) is 3.32. The van der Waals surface area contributed by atoms with Gasteiger partial charge in [0.05, 0.1) is 18.0 Å². The third-order valence-electron chi connectivity index (χ3n) is 4.61. The number of hydrogen-bond acceptors (Lipinski definition) is 7. The van der Waals surface area contributed by atoms with Gasteiger partial charge >= 0.3 is 0 Å². The van der Waals surface area contributed by atoms with Crippen LogP contribution in [0.4, 0.5) is 26.2 Å². The quantitative estimate of drug-likeness (QED) is 0.693. The minimum absolute atomic E-state index is 0.0892. The van der Waals surface area contributed by atoms with Crippen LogP contribution in [0.25, 0.3) is 0 Å². The van der Waals surface area contributed by atoms with Gasteiger partial charge in [-0.1, -0.05) is 0 Å². The van der Waals surface area contributed by atoms with Gasteiger partial charge in [-0.15, -0.1) is 0 Å². The van der Waals surface area contributed by atoms with Crippen molar-refractivity contribution in [3.8, 4) is 6.07 Å². The van der Waals surface area contributed by atoms with Gasteiger partial charge in [-0.05, 0) is 19.3 Å². The number of nitrogens with one attached hydrogen (secondary N) is 2. The van der Waals surface area contributed by atoms with E-state index in [1.807, 2.05) is 13.0 Å². The molecular weight excluding hydrogens is 382 g/mol. The second kappa shape index (κ2) is 9.27. The van der Waals surface area contributed by atoms with Crippen LogP contribution in [0.2, 0.25) is 0 Å². The monoisotopic (exact) mass is 404 g/mol. The summed E-state index contributed by atoms with van der Waals surface area (Å²) in [7, 11) is 0. The van der Waals surface area contributed by atoms with Crippen LogP contribution in [0, 0.1) is 24.2 Å². The second-order valence-electron chi connectivity index (χ2n) is 6.90. The summed E-state index contributed by atoms with van der Waals surface area (Å²) in [4.78, 5) is 22.2. The van der Waals surface area contributed by atoms with Crippen LogP contribution in [-0.2, 0) is 11.3 Å². The average Bonchev–Trinajstić information content (AvgIpc) is 3.31. The first-order valence-corrected chi connectivity index (χ1v) is 9.24. The normalized spacial score (nSPS) is 16.1. The fraction of sp³-hybridized carbons (Fsp3) is 0.500. The van der Waals surface area contributed by atoms with Crippen LogP contribution in [0.5, 0.6) is 0 Å². The Labute approximate surface area is 166 Å². The summed E-state index contributed by atoms with van der Waals surface area (Å²) in [5.41, 5.74) is 1.38. The van der Waals surface area contributed by atoms with Gasteiger partial charge in [0.25, 0.3) is 6.43 Å². The molecular formula is C18H22F2N8O. The Morgan fingerprint density at radius 2 is 2.28 bits per heavy atom. The minimum atomic E-state index is -2.48. The largest absolute Gasteiger partial charge is 0.369 e. The number of rotatable bonds is 8. The van der Waals surface area contributed by atoms with Gasteiger partial charge in [0.2, 0.25) is 11.9 Å². The molecule has 9 nitrogen and oxygen atoms in total. The molecule has 0 spiro atoms. The molecule has 1 saturated heterocycles. The highest BCUT2D eigenvalue weighted by atomic mass is 19.3. The number of likely N-dealkylation sites (tertiary alicyclic amines) is 1. The molecule has 0 aromatic carbocycles. The summed E-state index contributed by atoms with van der Waals surface area (Å²) >= 11 is 0. The maximum Gasteiger partial charge on any atom is 0.257 e. The lowest BCUT2D eigenvalue weighted by Crippen LogP contribution is -2.29. The highest BCUT2D eigenvalue weighted by molar-refractivity contribution is 5.78. The van der Waals surface area contributed by atoms with Crippen LogP contribution >= 0.6 is 0 Å². The average molecular weight is 404 g/mol. The molecule has 0 radical (unpaired) electrons. The number of alkyl halides is 2. The van der Waals surface area contributed by atoms with E-state index in [1.165, 1.54) is 12.4 Å².